The summed E-state index contributed by atoms with van der Waals surface area (Å²) in [5.74, 6) is -1.22. The number of primary amides is 2. The average Bonchev–Trinajstić information content (AvgIpc) is 2.19. The predicted molar refractivity (Wildman–Crippen MR) is 61.9 cm³/mol. The molecule has 0 fully saturated rings. The summed E-state index contributed by atoms with van der Waals surface area (Å²) < 4.78 is 0. The van der Waals surface area contributed by atoms with Gasteiger partial charge in [0, 0.05) is 10.7 Å². The van der Waals surface area contributed by atoms with E-state index in [9.17, 15) is 9.59 Å². The van der Waals surface area contributed by atoms with Crippen LogP contribution in [-0.4, -0.2) is 17.9 Å². The van der Waals surface area contributed by atoms with E-state index in [-0.39, 0.29) is 6.42 Å². The number of amides is 2. The van der Waals surface area contributed by atoms with Crippen LogP contribution >= 0.6 is 11.6 Å². The molecule has 16 heavy (non-hydrogen) atoms. The lowest BCUT2D eigenvalue weighted by molar-refractivity contribution is -0.123. The maximum atomic E-state index is 11.0. The minimum absolute atomic E-state index is 0.141. The molecule has 1 unspecified atom stereocenters. The zero-order chi connectivity index (χ0) is 12.1. The van der Waals surface area contributed by atoms with E-state index in [1.165, 1.54) is 0 Å². The maximum Gasteiger partial charge on any atom is 0.240 e. The Bertz CT molecular complexity index is 392. The van der Waals surface area contributed by atoms with Gasteiger partial charge in [-0.3, -0.25) is 9.59 Å². The van der Waals surface area contributed by atoms with Crippen molar-refractivity contribution in [2.75, 3.05) is 5.32 Å². The summed E-state index contributed by atoms with van der Waals surface area (Å²) in [5, 5.41) is 3.38. The quantitative estimate of drug-likeness (QED) is 0.699. The molecule has 1 rings (SSSR count). The fourth-order valence-corrected chi connectivity index (χ4v) is 1.30. The van der Waals surface area contributed by atoms with Crippen LogP contribution in [0, 0.1) is 0 Å². The Morgan fingerprint density at radius 2 is 1.81 bits per heavy atom. The van der Waals surface area contributed by atoms with Crippen LogP contribution in [0.5, 0.6) is 0 Å². The summed E-state index contributed by atoms with van der Waals surface area (Å²) in [7, 11) is 0. The number of benzene rings is 1. The summed E-state index contributed by atoms with van der Waals surface area (Å²) >= 11 is 5.70. The lowest BCUT2D eigenvalue weighted by Crippen LogP contribution is -2.38. The lowest BCUT2D eigenvalue weighted by Gasteiger charge is -2.14. The Morgan fingerprint density at radius 1 is 1.25 bits per heavy atom. The summed E-state index contributed by atoms with van der Waals surface area (Å²) in [6, 6.07) is 5.87. The molecular formula is C10H12ClN3O2. The second kappa shape index (κ2) is 5.37. The van der Waals surface area contributed by atoms with Gasteiger partial charge in [-0.05, 0) is 24.3 Å². The fraction of sp³-hybridized carbons (Fsp3) is 0.200. The van der Waals surface area contributed by atoms with Gasteiger partial charge < -0.3 is 16.8 Å². The molecule has 1 atom stereocenters. The molecule has 1 aromatic rings. The molecule has 5 nitrogen and oxygen atoms in total. The molecule has 1 aromatic carbocycles. The van der Waals surface area contributed by atoms with Crippen LogP contribution in [0.2, 0.25) is 5.02 Å². The van der Waals surface area contributed by atoms with Gasteiger partial charge in [0.25, 0.3) is 0 Å². The Kier molecular flexibility index (Phi) is 4.13. The second-order valence-electron chi connectivity index (χ2n) is 3.28. The first kappa shape index (κ1) is 12.3. The van der Waals surface area contributed by atoms with E-state index in [0.717, 1.165) is 0 Å². The molecule has 0 aliphatic carbocycles. The number of hydrogen-bond acceptors (Lipinski definition) is 3. The highest BCUT2D eigenvalue weighted by Crippen LogP contribution is 2.14. The molecule has 5 N–H and O–H groups in total. The number of nitrogens with one attached hydrogen (secondary N) is 1. The van der Waals surface area contributed by atoms with Crippen molar-refractivity contribution in [2.45, 2.75) is 12.5 Å². The molecule has 0 aliphatic rings. The van der Waals surface area contributed by atoms with Crippen LogP contribution in [0.25, 0.3) is 0 Å². The summed E-state index contributed by atoms with van der Waals surface area (Å²) in [6.07, 6.45) is -0.141. The Labute approximate surface area is 97.7 Å². The number of rotatable bonds is 5. The number of carbonyl (C=O) groups is 2. The first-order valence-corrected chi connectivity index (χ1v) is 4.96. The first-order valence-electron chi connectivity index (χ1n) is 4.59. The van der Waals surface area contributed by atoms with Crippen LogP contribution < -0.4 is 16.8 Å². The van der Waals surface area contributed by atoms with Gasteiger partial charge in [0.2, 0.25) is 11.8 Å². The van der Waals surface area contributed by atoms with Gasteiger partial charge in [-0.15, -0.1) is 0 Å². The highest BCUT2D eigenvalue weighted by Gasteiger charge is 2.17. The van der Waals surface area contributed by atoms with E-state index in [1.807, 2.05) is 0 Å². The molecule has 0 heterocycles. The van der Waals surface area contributed by atoms with E-state index < -0.39 is 17.9 Å². The fourth-order valence-electron chi connectivity index (χ4n) is 1.17. The minimum Gasteiger partial charge on any atom is -0.373 e. The molecular weight excluding hydrogens is 230 g/mol. The predicted octanol–water partition coefficient (Wildman–Crippen LogP) is 0.481. The molecule has 0 saturated carbocycles. The van der Waals surface area contributed by atoms with Crippen LogP contribution in [0.15, 0.2) is 24.3 Å². The van der Waals surface area contributed by atoms with Crippen LogP contribution in [-0.2, 0) is 9.59 Å². The van der Waals surface area contributed by atoms with Gasteiger partial charge in [0.15, 0.2) is 0 Å². The zero-order valence-electron chi connectivity index (χ0n) is 8.44. The minimum atomic E-state index is -0.807. The smallest absolute Gasteiger partial charge is 0.240 e. The molecule has 6 heteroatoms. The van der Waals surface area contributed by atoms with Crippen LogP contribution in [0.3, 0.4) is 0 Å². The van der Waals surface area contributed by atoms with Gasteiger partial charge in [-0.1, -0.05) is 11.6 Å². The van der Waals surface area contributed by atoms with Crippen molar-refractivity contribution in [3.63, 3.8) is 0 Å². The number of carbonyl (C=O) groups excluding carboxylic acids is 2. The van der Waals surface area contributed by atoms with E-state index in [0.29, 0.717) is 10.7 Å². The SMILES string of the molecule is NC(=O)CC(Nc1ccc(Cl)cc1)C(N)=O. The Balaban J connectivity index is 2.71. The molecule has 86 valence electrons. The molecule has 0 spiro atoms. The third-order valence-electron chi connectivity index (χ3n) is 1.93. The topological polar surface area (TPSA) is 98.2 Å². The van der Waals surface area contributed by atoms with Crippen LogP contribution in [0.4, 0.5) is 5.69 Å². The van der Waals surface area contributed by atoms with Gasteiger partial charge in [-0.25, -0.2) is 0 Å². The van der Waals surface area contributed by atoms with Crippen molar-refractivity contribution < 1.29 is 9.59 Å². The molecule has 0 radical (unpaired) electrons. The summed E-state index contributed by atoms with van der Waals surface area (Å²) in [5.41, 5.74) is 10.8. The highest BCUT2D eigenvalue weighted by molar-refractivity contribution is 6.30. The van der Waals surface area contributed by atoms with Crippen molar-refractivity contribution in [1.82, 2.24) is 0 Å². The number of anilines is 1. The Morgan fingerprint density at radius 3 is 2.25 bits per heavy atom. The standard InChI is InChI=1S/C10H12ClN3O2/c11-6-1-3-7(4-2-6)14-8(10(13)16)5-9(12)15/h1-4,8,14H,5H2,(H2,12,15)(H2,13,16). The van der Waals surface area contributed by atoms with Crippen molar-refractivity contribution in [1.29, 1.82) is 0 Å². The lowest BCUT2D eigenvalue weighted by atomic mass is 10.1. The largest absolute Gasteiger partial charge is 0.373 e. The van der Waals surface area contributed by atoms with E-state index in [4.69, 9.17) is 23.1 Å². The van der Waals surface area contributed by atoms with Crippen molar-refractivity contribution in [2.24, 2.45) is 11.5 Å². The van der Waals surface area contributed by atoms with Crippen molar-refractivity contribution in [3.8, 4) is 0 Å². The molecule has 0 saturated heterocycles. The van der Waals surface area contributed by atoms with E-state index in [1.54, 1.807) is 24.3 Å². The summed E-state index contributed by atoms with van der Waals surface area (Å²) in [6.45, 7) is 0. The second-order valence-corrected chi connectivity index (χ2v) is 3.71. The highest BCUT2D eigenvalue weighted by atomic mass is 35.5. The van der Waals surface area contributed by atoms with Gasteiger partial charge in [-0.2, -0.15) is 0 Å². The van der Waals surface area contributed by atoms with Crippen LogP contribution in [0.1, 0.15) is 6.42 Å². The molecule has 0 aliphatic heterocycles. The van der Waals surface area contributed by atoms with Gasteiger partial charge in [0.1, 0.15) is 6.04 Å². The van der Waals surface area contributed by atoms with E-state index >= 15 is 0 Å². The van der Waals surface area contributed by atoms with Crippen molar-refractivity contribution >= 4 is 29.1 Å². The normalized spacial score (nSPS) is 11.8. The van der Waals surface area contributed by atoms with Gasteiger partial charge in [0.05, 0.1) is 6.42 Å². The number of halogens is 1. The average molecular weight is 242 g/mol. The maximum absolute atomic E-state index is 11.0. The van der Waals surface area contributed by atoms with Crippen molar-refractivity contribution in [3.05, 3.63) is 29.3 Å². The zero-order valence-corrected chi connectivity index (χ0v) is 9.20. The number of hydrogen-bond donors (Lipinski definition) is 3. The molecule has 0 bridgehead atoms. The van der Waals surface area contributed by atoms with Gasteiger partial charge >= 0.3 is 0 Å². The monoisotopic (exact) mass is 241 g/mol. The molecule has 2 amide bonds. The molecule has 0 aromatic heterocycles. The van der Waals surface area contributed by atoms with E-state index in [2.05, 4.69) is 5.32 Å². The Hall–Kier alpha value is -1.75. The first-order chi connectivity index (χ1) is 7.49. The summed E-state index contributed by atoms with van der Waals surface area (Å²) in [4.78, 5) is 21.7. The third-order valence-corrected chi connectivity index (χ3v) is 2.19. The third kappa shape index (κ3) is 3.78. The number of nitrogens with two attached hydrogens (primary N) is 2.